The van der Waals surface area contributed by atoms with E-state index >= 15 is 0 Å². The normalized spacial score (nSPS) is 11.4. The zero-order valence-corrected chi connectivity index (χ0v) is 13.2. The van der Waals surface area contributed by atoms with E-state index < -0.39 is 0 Å². The second-order valence-electron chi connectivity index (χ2n) is 5.90. The van der Waals surface area contributed by atoms with Gasteiger partial charge >= 0.3 is 0 Å². The molecule has 106 valence electrons. The molecule has 1 amide bonds. The van der Waals surface area contributed by atoms with Crippen molar-refractivity contribution in [1.82, 2.24) is 9.88 Å². The van der Waals surface area contributed by atoms with Crippen LogP contribution in [0.15, 0.2) is 36.5 Å². The van der Waals surface area contributed by atoms with Crippen LogP contribution in [0.4, 0.5) is 0 Å². The van der Waals surface area contributed by atoms with Crippen LogP contribution in [0, 0.1) is 0 Å². The van der Waals surface area contributed by atoms with Crippen molar-refractivity contribution in [3.8, 4) is 0 Å². The Morgan fingerprint density at radius 3 is 2.55 bits per heavy atom. The highest BCUT2D eigenvalue weighted by Gasteiger charge is 2.20. The summed E-state index contributed by atoms with van der Waals surface area (Å²) in [5.41, 5.74) is 0.985. The van der Waals surface area contributed by atoms with Crippen molar-refractivity contribution >= 4 is 17.2 Å². The zero-order chi connectivity index (χ0) is 14.8. The first-order chi connectivity index (χ1) is 9.38. The van der Waals surface area contributed by atoms with Gasteiger partial charge < -0.3 is 4.90 Å². The van der Waals surface area contributed by atoms with Crippen molar-refractivity contribution in [1.29, 1.82) is 0 Å². The SMILES string of the molecule is CN(Cc1ccccn1)C(=O)c1ccc(C(C)(C)C)s1. The number of aromatic nitrogens is 1. The Morgan fingerprint density at radius 1 is 1.25 bits per heavy atom. The molecule has 0 saturated carbocycles. The quantitative estimate of drug-likeness (QED) is 0.862. The summed E-state index contributed by atoms with van der Waals surface area (Å²) in [6.45, 7) is 7.00. The van der Waals surface area contributed by atoms with Crippen LogP contribution in [-0.2, 0) is 12.0 Å². The van der Waals surface area contributed by atoms with Crippen molar-refractivity contribution < 1.29 is 4.79 Å². The minimum atomic E-state index is 0.0520. The van der Waals surface area contributed by atoms with E-state index in [9.17, 15) is 4.79 Å². The second kappa shape index (κ2) is 5.75. The van der Waals surface area contributed by atoms with Gasteiger partial charge in [0.25, 0.3) is 5.91 Å². The standard InChI is InChI=1S/C16H20N2OS/c1-16(2,3)14-9-8-13(20-14)15(19)18(4)11-12-7-5-6-10-17-12/h5-10H,11H2,1-4H3. The molecule has 0 aliphatic rings. The Labute approximate surface area is 124 Å². The van der Waals surface area contributed by atoms with Crippen LogP contribution in [0.25, 0.3) is 0 Å². The second-order valence-corrected chi connectivity index (χ2v) is 6.98. The van der Waals surface area contributed by atoms with Crippen LogP contribution in [0.1, 0.15) is 41.0 Å². The molecule has 0 radical (unpaired) electrons. The molecule has 2 aromatic heterocycles. The van der Waals surface area contributed by atoms with Gasteiger partial charge in [-0.05, 0) is 29.7 Å². The lowest BCUT2D eigenvalue weighted by Gasteiger charge is -2.17. The number of hydrogen-bond acceptors (Lipinski definition) is 3. The van der Waals surface area contributed by atoms with Crippen molar-refractivity contribution in [2.75, 3.05) is 7.05 Å². The maximum atomic E-state index is 12.4. The number of thiophene rings is 1. The Balaban J connectivity index is 2.09. The maximum absolute atomic E-state index is 12.4. The molecule has 0 aromatic carbocycles. The average molecular weight is 288 g/mol. The van der Waals surface area contributed by atoms with Gasteiger partial charge in [-0.15, -0.1) is 11.3 Å². The molecule has 0 spiro atoms. The van der Waals surface area contributed by atoms with E-state index in [4.69, 9.17) is 0 Å². The molecule has 0 unspecified atom stereocenters. The monoisotopic (exact) mass is 288 g/mol. The van der Waals surface area contributed by atoms with E-state index in [0.29, 0.717) is 6.54 Å². The van der Waals surface area contributed by atoms with Crippen molar-refractivity contribution in [3.63, 3.8) is 0 Å². The summed E-state index contributed by atoms with van der Waals surface area (Å²) in [6, 6.07) is 9.71. The fourth-order valence-electron chi connectivity index (χ4n) is 1.85. The van der Waals surface area contributed by atoms with Gasteiger partial charge in [0.2, 0.25) is 0 Å². The number of pyridine rings is 1. The molecular formula is C16H20N2OS. The molecular weight excluding hydrogens is 268 g/mol. The van der Waals surface area contributed by atoms with Crippen molar-refractivity contribution in [2.45, 2.75) is 32.7 Å². The number of nitrogens with zero attached hydrogens (tertiary/aromatic N) is 2. The molecule has 0 atom stereocenters. The summed E-state index contributed by atoms with van der Waals surface area (Å²) in [6.07, 6.45) is 1.75. The molecule has 0 saturated heterocycles. The maximum Gasteiger partial charge on any atom is 0.264 e. The van der Waals surface area contributed by atoms with Crippen LogP contribution in [0.3, 0.4) is 0 Å². The van der Waals surface area contributed by atoms with Gasteiger partial charge in [0.1, 0.15) is 0 Å². The molecule has 0 aliphatic carbocycles. The van der Waals surface area contributed by atoms with Gasteiger partial charge in [0.15, 0.2) is 0 Å². The highest BCUT2D eigenvalue weighted by Crippen LogP contribution is 2.30. The molecule has 0 N–H and O–H groups in total. The van der Waals surface area contributed by atoms with Crippen LogP contribution < -0.4 is 0 Å². The summed E-state index contributed by atoms with van der Waals surface area (Å²) in [5.74, 6) is 0.0520. The fraction of sp³-hybridized carbons (Fsp3) is 0.375. The van der Waals surface area contributed by atoms with Crippen molar-refractivity contribution in [2.24, 2.45) is 0 Å². The number of carbonyl (C=O) groups is 1. The van der Waals surface area contributed by atoms with Crippen LogP contribution >= 0.6 is 11.3 Å². The lowest BCUT2D eigenvalue weighted by molar-refractivity contribution is 0.0788. The molecule has 3 nitrogen and oxygen atoms in total. The molecule has 0 bridgehead atoms. The molecule has 0 aliphatic heterocycles. The largest absolute Gasteiger partial charge is 0.335 e. The van der Waals surface area contributed by atoms with E-state index in [0.717, 1.165) is 10.6 Å². The molecule has 2 heterocycles. The Morgan fingerprint density at radius 2 is 2.00 bits per heavy atom. The number of amides is 1. The molecule has 4 heteroatoms. The lowest BCUT2D eigenvalue weighted by atomic mass is 9.95. The lowest BCUT2D eigenvalue weighted by Crippen LogP contribution is -2.25. The minimum absolute atomic E-state index is 0.0520. The average Bonchev–Trinajstić information content (AvgIpc) is 2.88. The smallest absolute Gasteiger partial charge is 0.264 e. The van der Waals surface area contributed by atoms with E-state index in [2.05, 4.69) is 25.8 Å². The van der Waals surface area contributed by atoms with E-state index in [-0.39, 0.29) is 11.3 Å². The van der Waals surface area contributed by atoms with Crippen molar-refractivity contribution in [3.05, 3.63) is 52.0 Å². The third kappa shape index (κ3) is 3.45. The summed E-state index contributed by atoms with van der Waals surface area (Å²) >= 11 is 1.58. The number of hydrogen-bond donors (Lipinski definition) is 0. The van der Waals surface area contributed by atoms with Crippen LogP contribution in [0.2, 0.25) is 0 Å². The van der Waals surface area contributed by atoms with E-state index in [1.807, 2.05) is 37.4 Å². The molecule has 2 aromatic rings. The van der Waals surface area contributed by atoms with E-state index in [1.165, 1.54) is 4.88 Å². The van der Waals surface area contributed by atoms with Crippen LogP contribution in [0.5, 0.6) is 0 Å². The minimum Gasteiger partial charge on any atom is -0.335 e. The Kier molecular flexibility index (Phi) is 4.23. The first kappa shape index (κ1) is 14.7. The fourth-order valence-corrected chi connectivity index (χ4v) is 2.91. The number of rotatable bonds is 3. The van der Waals surface area contributed by atoms with Gasteiger partial charge in [-0.25, -0.2) is 0 Å². The number of carbonyl (C=O) groups excluding carboxylic acids is 1. The highest BCUT2D eigenvalue weighted by atomic mass is 32.1. The van der Waals surface area contributed by atoms with Gasteiger partial charge in [-0.3, -0.25) is 9.78 Å². The zero-order valence-electron chi connectivity index (χ0n) is 12.4. The third-order valence-electron chi connectivity index (χ3n) is 3.03. The van der Waals surface area contributed by atoms with Crippen LogP contribution in [-0.4, -0.2) is 22.8 Å². The molecule has 20 heavy (non-hydrogen) atoms. The van der Waals surface area contributed by atoms with E-state index in [1.54, 1.807) is 22.4 Å². The first-order valence-electron chi connectivity index (χ1n) is 6.63. The third-order valence-corrected chi connectivity index (χ3v) is 4.53. The predicted octanol–water partition coefficient (Wildman–Crippen LogP) is 3.71. The summed E-state index contributed by atoms with van der Waals surface area (Å²) in [5, 5.41) is 0. The van der Waals surface area contributed by atoms with Gasteiger partial charge in [-0.2, -0.15) is 0 Å². The first-order valence-corrected chi connectivity index (χ1v) is 7.45. The van der Waals surface area contributed by atoms with Gasteiger partial charge in [-0.1, -0.05) is 26.8 Å². The summed E-state index contributed by atoms with van der Waals surface area (Å²) in [4.78, 5) is 20.4. The molecule has 0 fully saturated rings. The summed E-state index contributed by atoms with van der Waals surface area (Å²) in [7, 11) is 1.81. The van der Waals surface area contributed by atoms with Gasteiger partial charge in [0, 0.05) is 18.1 Å². The topological polar surface area (TPSA) is 33.2 Å². The Hall–Kier alpha value is -1.68. The predicted molar refractivity (Wildman–Crippen MR) is 83.1 cm³/mol. The molecule has 2 rings (SSSR count). The summed E-state index contributed by atoms with van der Waals surface area (Å²) < 4.78 is 0. The van der Waals surface area contributed by atoms with Gasteiger partial charge in [0.05, 0.1) is 17.1 Å². The Bertz CT molecular complexity index is 584. The highest BCUT2D eigenvalue weighted by molar-refractivity contribution is 7.14.